The van der Waals surface area contributed by atoms with Crippen molar-refractivity contribution in [2.75, 3.05) is 0 Å². The first-order valence-corrected chi connectivity index (χ1v) is 7.63. The molecule has 0 bridgehead atoms. The van der Waals surface area contributed by atoms with Gasteiger partial charge in [0.25, 0.3) is 0 Å². The Morgan fingerprint density at radius 3 is 2.65 bits per heavy atom. The second-order valence-corrected chi connectivity index (χ2v) is 6.20. The van der Waals surface area contributed by atoms with E-state index in [2.05, 4.69) is 31.9 Å². The molecular weight excluding hydrogens is 414 g/mol. The average Bonchev–Trinajstić information content (AvgIpc) is 2.39. The summed E-state index contributed by atoms with van der Waals surface area (Å²) in [4.78, 5) is 0. The molecule has 20 heavy (non-hydrogen) atoms. The third-order valence-corrected chi connectivity index (χ3v) is 4.08. The van der Waals surface area contributed by atoms with Gasteiger partial charge in [-0.05, 0) is 40.2 Å². The van der Waals surface area contributed by atoms with Crippen molar-refractivity contribution in [2.45, 2.75) is 13.2 Å². The van der Waals surface area contributed by atoms with Crippen molar-refractivity contribution in [3.63, 3.8) is 0 Å². The molecule has 0 amide bonds. The van der Waals surface area contributed by atoms with Crippen LogP contribution in [0.1, 0.15) is 11.1 Å². The Morgan fingerprint density at radius 1 is 1.25 bits per heavy atom. The van der Waals surface area contributed by atoms with E-state index in [0.717, 1.165) is 4.47 Å². The van der Waals surface area contributed by atoms with Crippen molar-refractivity contribution in [3.8, 4) is 5.75 Å². The third-order valence-electron chi connectivity index (χ3n) is 2.68. The third kappa shape index (κ3) is 3.52. The van der Waals surface area contributed by atoms with Gasteiger partial charge in [-0.25, -0.2) is 4.39 Å². The van der Waals surface area contributed by atoms with E-state index in [4.69, 9.17) is 16.3 Å². The van der Waals surface area contributed by atoms with Gasteiger partial charge in [0.15, 0.2) is 0 Å². The van der Waals surface area contributed by atoms with Gasteiger partial charge < -0.3 is 9.84 Å². The normalized spacial score (nSPS) is 10.7. The molecule has 0 saturated heterocycles. The van der Waals surface area contributed by atoms with Crippen LogP contribution in [0.25, 0.3) is 0 Å². The Labute approximate surface area is 137 Å². The van der Waals surface area contributed by atoms with Crippen LogP contribution in [0.15, 0.2) is 39.3 Å². The molecule has 0 heterocycles. The Morgan fingerprint density at radius 2 is 2.00 bits per heavy atom. The largest absolute Gasteiger partial charge is 0.487 e. The van der Waals surface area contributed by atoms with Crippen molar-refractivity contribution < 1.29 is 14.2 Å². The zero-order valence-corrected chi connectivity index (χ0v) is 14.1. The number of halogens is 4. The van der Waals surface area contributed by atoms with E-state index in [1.54, 1.807) is 18.2 Å². The highest BCUT2D eigenvalue weighted by Gasteiger charge is 2.13. The fourth-order valence-corrected chi connectivity index (χ4v) is 3.35. The van der Waals surface area contributed by atoms with Crippen molar-refractivity contribution in [1.29, 1.82) is 0 Å². The number of ether oxygens (including phenoxy) is 1. The smallest absolute Gasteiger partial charge is 0.139 e. The first kappa shape index (κ1) is 15.8. The molecule has 106 valence electrons. The van der Waals surface area contributed by atoms with Gasteiger partial charge in [-0.15, -0.1) is 0 Å². The van der Waals surface area contributed by atoms with Crippen LogP contribution in [0.5, 0.6) is 5.75 Å². The number of aliphatic hydroxyl groups is 1. The minimum absolute atomic E-state index is 0.0151. The maximum atomic E-state index is 13.7. The second-order valence-electron chi connectivity index (χ2n) is 4.02. The fraction of sp³-hybridized carbons (Fsp3) is 0.143. The fourth-order valence-electron chi connectivity index (χ4n) is 1.71. The first-order chi connectivity index (χ1) is 9.52. The van der Waals surface area contributed by atoms with E-state index in [1.807, 2.05) is 0 Å². The minimum atomic E-state index is -0.420. The van der Waals surface area contributed by atoms with E-state index < -0.39 is 5.82 Å². The maximum absolute atomic E-state index is 13.7. The summed E-state index contributed by atoms with van der Waals surface area (Å²) in [5.74, 6) is 0.0475. The molecule has 0 unspecified atom stereocenters. The van der Waals surface area contributed by atoms with Gasteiger partial charge in [0.2, 0.25) is 0 Å². The molecule has 0 radical (unpaired) electrons. The average molecular weight is 424 g/mol. The monoisotopic (exact) mass is 422 g/mol. The van der Waals surface area contributed by atoms with E-state index in [1.165, 1.54) is 12.1 Å². The lowest BCUT2D eigenvalue weighted by Crippen LogP contribution is -2.02. The summed E-state index contributed by atoms with van der Waals surface area (Å²) in [6.45, 7) is -0.197. The minimum Gasteiger partial charge on any atom is -0.487 e. The Balaban J connectivity index is 2.27. The van der Waals surface area contributed by atoms with Crippen LogP contribution in [0.3, 0.4) is 0 Å². The number of benzene rings is 2. The number of rotatable bonds is 4. The molecule has 0 aliphatic rings. The maximum Gasteiger partial charge on any atom is 0.139 e. The van der Waals surface area contributed by atoms with Crippen LogP contribution in [-0.4, -0.2) is 5.11 Å². The summed E-state index contributed by atoms with van der Waals surface area (Å²) in [5.41, 5.74) is 0.881. The molecular formula is C14H10Br2ClFO2. The number of hydrogen-bond donors (Lipinski definition) is 1. The second kappa shape index (κ2) is 6.89. The molecule has 0 aromatic heterocycles. The molecule has 2 aromatic carbocycles. The number of hydrogen-bond acceptors (Lipinski definition) is 2. The van der Waals surface area contributed by atoms with Crippen molar-refractivity contribution in [1.82, 2.24) is 0 Å². The van der Waals surface area contributed by atoms with Crippen molar-refractivity contribution in [2.24, 2.45) is 0 Å². The summed E-state index contributed by atoms with van der Waals surface area (Å²) in [7, 11) is 0. The van der Waals surface area contributed by atoms with Gasteiger partial charge in [0.1, 0.15) is 18.2 Å². The topological polar surface area (TPSA) is 29.5 Å². The van der Waals surface area contributed by atoms with Gasteiger partial charge in [-0.2, -0.15) is 0 Å². The van der Waals surface area contributed by atoms with E-state index in [0.29, 0.717) is 20.8 Å². The van der Waals surface area contributed by atoms with Crippen LogP contribution in [0.4, 0.5) is 4.39 Å². The molecule has 2 nitrogen and oxygen atoms in total. The summed E-state index contributed by atoms with van der Waals surface area (Å²) in [5, 5.41) is 9.66. The van der Waals surface area contributed by atoms with Crippen molar-refractivity contribution in [3.05, 3.63) is 61.2 Å². The Kier molecular flexibility index (Phi) is 5.43. The van der Waals surface area contributed by atoms with E-state index in [9.17, 15) is 9.50 Å². The van der Waals surface area contributed by atoms with Crippen LogP contribution in [0.2, 0.25) is 5.02 Å². The summed E-state index contributed by atoms with van der Waals surface area (Å²) >= 11 is 12.6. The van der Waals surface area contributed by atoms with Gasteiger partial charge in [0.05, 0.1) is 16.1 Å². The van der Waals surface area contributed by atoms with E-state index in [-0.39, 0.29) is 18.8 Å². The molecule has 0 spiro atoms. The molecule has 0 aliphatic heterocycles. The quantitative estimate of drug-likeness (QED) is 0.742. The highest BCUT2D eigenvalue weighted by Crippen LogP contribution is 2.34. The molecule has 6 heteroatoms. The van der Waals surface area contributed by atoms with Crippen LogP contribution in [-0.2, 0) is 13.2 Å². The SMILES string of the molecule is OCc1cc(Br)cc(Br)c1OCc1c(F)cccc1Cl. The predicted octanol–water partition coefficient (Wildman–Crippen LogP) is 5.08. The summed E-state index contributed by atoms with van der Waals surface area (Å²) in [6, 6.07) is 8.00. The highest BCUT2D eigenvalue weighted by molar-refractivity contribution is 9.11. The molecule has 0 aliphatic carbocycles. The molecule has 1 N–H and O–H groups in total. The van der Waals surface area contributed by atoms with Crippen LogP contribution < -0.4 is 4.74 Å². The van der Waals surface area contributed by atoms with E-state index >= 15 is 0 Å². The standard InChI is InChI=1S/C14H10Br2ClFO2/c15-9-4-8(6-19)14(11(16)5-9)20-7-10-12(17)2-1-3-13(10)18/h1-5,19H,6-7H2. The van der Waals surface area contributed by atoms with Crippen molar-refractivity contribution >= 4 is 43.5 Å². The van der Waals surface area contributed by atoms with Crippen LogP contribution in [0, 0.1) is 5.82 Å². The lowest BCUT2D eigenvalue weighted by atomic mass is 10.2. The zero-order valence-electron chi connectivity index (χ0n) is 10.2. The lowest BCUT2D eigenvalue weighted by molar-refractivity contribution is 0.256. The summed E-state index contributed by atoms with van der Waals surface area (Å²) in [6.07, 6.45) is 0. The summed E-state index contributed by atoms with van der Waals surface area (Å²) < 4.78 is 20.8. The molecule has 2 rings (SSSR count). The van der Waals surface area contributed by atoms with Crippen LogP contribution >= 0.6 is 43.5 Å². The number of aliphatic hydroxyl groups excluding tert-OH is 1. The predicted molar refractivity (Wildman–Crippen MR) is 83.5 cm³/mol. The zero-order chi connectivity index (χ0) is 14.7. The van der Waals surface area contributed by atoms with Gasteiger partial charge >= 0.3 is 0 Å². The van der Waals surface area contributed by atoms with Gasteiger partial charge in [-0.1, -0.05) is 33.6 Å². The molecule has 2 aromatic rings. The van der Waals surface area contributed by atoms with Gasteiger partial charge in [0, 0.05) is 15.6 Å². The molecule has 0 saturated carbocycles. The Bertz CT molecular complexity index is 615. The highest BCUT2D eigenvalue weighted by atomic mass is 79.9. The van der Waals surface area contributed by atoms with Gasteiger partial charge in [-0.3, -0.25) is 0 Å². The first-order valence-electron chi connectivity index (χ1n) is 5.67. The Hall–Kier alpha value is -0.620. The lowest BCUT2D eigenvalue weighted by Gasteiger charge is -2.14. The molecule has 0 atom stereocenters. The molecule has 0 fully saturated rings.